The quantitative estimate of drug-likeness (QED) is 0.720. The van der Waals surface area contributed by atoms with Crippen LogP contribution in [0.25, 0.3) is 0 Å². The summed E-state index contributed by atoms with van der Waals surface area (Å²) in [6.45, 7) is 0. The Morgan fingerprint density at radius 2 is 2.08 bits per heavy atom. The maximum absolute atomic E-state index is 12.5. The maximum atomic E-state index is 12.5. The van der Waals surface area contributed by atoms with Crippen molar-refractivity contribution < 1.29 is 17.6 Å². The van der Waals surface area contributed by atoms with E-state index in [0.717, 1.165) is 0 Å². The van der Waals surface area contributed by atoms with Gasteiger partial charge in [0.2, 0.25) is 0 Å². The van der Waals surface area contributed by atoms with Crippen LogP contribution in [0.4, 0.5) is 17.6 Å². The zero-order chi connectivity index (χ0) is 10.1. The van der Waals surface area contributed by atoms with Gasteiger partial charge in [-0.3, -0.25) is 4.79 Å². The molecular weight excluding hydrogens is 192 g/mol. The smallest absolute Gasteiger partial charge is 0.313 e. The van der Waals surface area contributed by atoms with Gasteiger partial charge in [-0.2, -0.15) is 8.78 Å². The molecule has 0 saturated heterocycles. The number of halogens is 4. The Kier molecular flexibility index (Phi) is 2.35. The van der Waals surface area contributed by atoms with Crippen molar-refractivity contribution in [3.63, 3.8) is 0 Å². The number of alkyl halides is 4. The topological polar surface area (TPSA) is 45.8 Å². The van der Waals surface area contributed by atoms with Gasteiger partial charge in [0.05, 0.1) is 6.33 Å². The third-order valence-electron chi connectivity index (χ3n) is 1.29. The fraction of sp³-hybridized carbons (Fsp3) is 0.333. The van der Waals surface area contributed by atoms with Crippen molar-refractivity contribution >= 4 is 0 Å². The normalized spacial score (nSPS) is 12.1. The molecule has 0 aliphatic carbocycles. The Bertz CT molecular complexity index is 348. The van der Waals surface area contributed by atoms with Crippen molar-refractivity contribution in [3.8, 4) is 0 Å². The molecule has 0 aliphatic rings. The summed E-state index contributed by atoms with van der Waals surface area (Å²) in [7, 11) is 0. The molecule has 72 valence electrons. The monoisotopic (exact) mass is 196 g/mol. The van der Waals surface area contributed by atoms with E-state index < -0.39 is 23.6 Å². The molecule has 1 aromatic rings. The third kappa shape index (κ3) is 1.85. The number of H-pyrrole nitrogens is 1. The summed E-state index contributed by atoms with van der Waals surface area (Å²) >= 11 is 0. The van der Waals surface area contributed by atoms with Gasteiger partial charge in [-0.1, -0.05) is 0 Å². The van der Waals surface area contributed by atoms with Gasteiger partial charge in [0.25, 0.3) is 5.56 Å². The molecular formula is C6H4F4N2O. The Morgan fingerprint density at radius 1 is 1.46 bits per heavy atom. The molecule has 1 heterocycles. The highest BCUT2D eigenvalue weighted by Crippen LogP contribution is 2.31. The van der Waals surface area contributed by atoms with E-state index in [0.29, 0.717) is 12.4 Å². The SMILES string of the molecule is O=c1cc(C(F)(F)C(F)F)nc[nH]1. The predicted octanol–water partition coefficient (Wildman–Crippen LogP) is 1.13. The molecule has 3 nitrogen and oxygen atoms in total. The molecule has 0 atom stereocenters. The molecule has 7 heteroatoms. The average Bonchev–Trinajstić information content (AvgIpc) is 2.04. The van der Waals surface area contributed by atoms with Crippen molar-refractivity contribution in [3.05, 3.63) is 28.4 Å². The summed E-state index contributed by atoms with van der Waals surface area (Å²) in [6, 6.07) is 0.339. The zero-order valence-corrected chi connectivity index (χ0v) is 6.10. The highest BCUT2D eigenvalue weighted by molar-refractivity contribution is 5.07. The number of nitrogens with zero attached hydrogens (tertiary/aromatic N) is 1. The average molecular weight is 196 g/mol. The highest BCUT2D eigenvalue weighted by Gasteiger charge is 2.44. The zero-order valence-electron chi connectivity index (χ0n) is 6.10. The fourth-order valence-corrected chi connectivity index (χ4v) is 0.663. The van der Waals surface area contributed by atoms with Gasteiger partial charge in [-0.25, -0.2) is 13.8 Å². The third-order valence-corrected chi connectivity index (χ3v) is 1.29. The lowest BCUT2D eigenvalue weighted by Gasteiger charge is -2.12. The lowest BCUT2D eigenvalue weighted by atomic mass is 10.2. The van der Waals surface area contributed by atoms with Gasteiger partial charge in [-0.05, 0) is 0 Å². The first-order chi connectivity index (χ1) is 5.94. The molecule has 0 radical (unpaired) electrons. The number of hydrogen-bond acceptors (Lipinski definition) is 2. The summed E-state index contributed by atoms with van der Waals surface area (Å²) in [5.74, 6) is -4.38. The second-order valence-corrected chi connectivity index (χ2v) is 2.22. The first-order valence-electron chi connectivity index (χ1n) is 3.16. The van der Waals surface area contributed by atoms with Gasteiger partial charge >= 0.3 is 12.3 Å². The van der Waals surface area contributed by atoms with Crippen LogP contribution in [-0.4, -0.2) is 16.4 Å². The van der Waals surface area contributed by atoms with Crippen molar-refractivity contribution in [2.24, 2.45) is 0 Å². The van der Waals surface area contributed by atoms with Gasteiger partial charge < -0.3 is 4.98 Å². The molecule has 0 aliphatic heterocycles. The van der Waals surface area contributed by atoms with Gasteiger partial charge in [-0.15, -0.1) is 0 Å². The predicted molar refractivity (Wildman–Crippen MR) is 34.8 cm³/mol. The molecule has 0 saturated carbocycles. The summed E-state index contributed by atoms with van der Waals surface area (Å²) in [6.07, 6.45) is -3.23. The second-order valence-electron chi connectivity index (χ2n) is 2.22. The fourth-order valence-electron chi connectivity index (χ4n) is 0.663. The number of aromatic nitrogens is 2. The minimum atomic E-state index is -4.38. The van der Waals surface area contributed by atoms with Crippen LogP contribution in [0.2, 0.25) is 0 Å². The second kappa shape index (κ2) is 3.15. The maximum Gasteiger partial charge on any atom is 0.349 e. The van der Waals surface area contributed by atoms with Crippen LogP contribution in [-0.2, 0) is 5.92 Å². The van der Waals surface area contributed by atoms with Crippen LogP contribution < -0.4 is 5.56 Å². The highest BCUT2D eigenvalue weighted by atomic mass is 19.3. The Morgan fingerprint density at radius 3 is 2.54 bits per heavy atom. The molecule has 1 N–H and O–H groups in total. The largest absolute Gasteiger partial charge is 0.349 e. The summed E-state index contributed by atoms with van der Waals surface area (Å²) in [5.41, 5.74) is -2.13. The minimum absolute atomic E-state index is 0.339. The minimum Gasteiger partial charge on any atom is -0.313 e. The van der Waals surface area contributed by atoms with Gasteiger partial charge in [0.1, 0.15) is 5.69 Å². The lowest BCUT2D eigenvalue weighted by Crippen LogP contribution is -2.26. The molecule has 0 aromatic carbocycles. The molecule has 13 heavy (non-hydrogen) atoms. The van der Waals surface area contributed by atoms with Crippen molar-refractivity contribution in [1.82, 2.24) is 9.97 Å². The van der Waals surface area contributed by atoms with Crippen LogP contribution in [0.1, 0.15) is 5.69 Å². The van der Waals surface area contributed by atoms with Crippen LogP contribution in [0.5, 0.6) is 0 Å². The molecule has 0 fully saturated rings. The number of rotatable bonds is 2. The lowest BCUT2D eigenvalue weighted by molar-refractivity contribution is -0.138. The van der Waals surface area contributed by atoms with Crippen molar-refractivity contribution in [2.45, 2.75) is 12.3 Å². The van der Waals surface area contributed by atoms with E-state index in [1.54, 1.807) is 0 Å². The first kappa shape index (κ1) is 9.69. The van der Waals surface area contributed by atoms with E-state index in [9.17, 15) is 22.4 Å². The number of aromatic amines is 1. The Hall–Kier alpha value is -1.40. The molecule has 1 rings (SSSR count). The molecule has 0 unspecified atom stereocenters. The Balaban J connectivity index is 3.14. The number of hydrogen-bond donors (Lipinski definition) is 1. The van der Waals surface area contributed by atoms with E-state index in [2.05, 4.69) is 4.98 Å². The van der Waals surface area contributed by atoms with E-state index in [-0.39, 0.29) is 0 Å². The van der Waals surface area contributed by atoms with Gasteiger partial charge in [0.15, 0.2) is 0 Å². The van der Waals surface area contributed by atoms with Gasteiger partial charge in [0, 0.05) is 6.07 Å². The molecule has 0 amide bonds. The number of nitrogens with one attached hydrogen (secondary N) is 1. The van der Waals surface area contributed by atoms with Crippen LogP contribution >= 0.6 is 0 Å². The van der Waals surface area contributed by atoms with E-state index >= 15 is 0 Å². The summed E-state index contributed by atoms with van der Waals surface area (Å²) in [4.78, 5) is 15.4. The first-order valence-corrected chi connectivity index (χ1v) is 3.16. The Labute approximate surface area is 69.4 Å². The van der Waals surface area contributed by atoms with Crippen molar-refractivity contribution in [2.75, 3.05) is 0 Å². The molecule has 0 spiro atoms. The van der Waals surface area contributed by atoms with Crippen molar-refractivity contribution in [1.29, 1.82) is 0 Å². The van der Waals surface area contributed by atoms with E-state index in [1.165, 1.54) is 0 Å². The molecule has 1 aromatic heterocycles. The molecule has 0 bridgehead atoms. The van der Waals surface area contributed by atoms with Crippen LogP contribution in [0.3, 0.4) is 0 Å². The standard InChI is InChI=1S/C6H4F4N2O/c7-5(8)6(9,10)3-1-4(13)12-2-11-3/h1-2,5H,(H,11,12,13). The van der Waals surface area contributed by atoms with E-state index in [4.69, 9.17) is 0 Å². The summed E-state index contributed by atoms with van der Waals surface area (Å²) in [5, 5.41) is 0. The van der Waals surface area contributed by atoms with E-state index in [1.807, 2.05) is 4.98 Å². The van der Waals surface area contributed by atoms with Crippen LogP contribution in [0.15, 0.2) is 17.2 Å². The van der Waals surface area contributed by atoms with Crippen LogP contribution in [0, 0.1) is 0 Å². The summed E-state index contributed by atoms with van der Waals surface area (Å²) < 4.78 is 48.4.